The third kappa shape index (κ3) is 5.10. The molecule has 0 spiro atoms. The highest BCUT2D eigenvalue weighted by atomic mass is 32.2. The lowest BCUT2D eigenvalue weighted by atomic mass is 10.1. The average molecular weight is 410 g/mol. The summed E-state index contributed by atoms with van der Waals surface area (Å²) < 4.78 is 29.0. The summed E-state index contributed by atoms with van der Waals surface area (Å²) in [5.74, 6) is -0.246. The van der Waals surface area contributed by atoms with Crippen LogP contribution in [-0.2, 0) is 23.1 Å². The summed E-state index contributed by atoms with van der Waals surface area (Å²) in [4.78, 5) is 16.6. The molecule has 1 saturated carbocycles. The van der Waals surface area contributed by atoms with Crippen LogP contribution in [0.25, 0.3) is 0 Å². The SMILES string of the molecule is O=C(NCc1cccc(Cn2ccnc2)c1)c1ccc(S(=O)(=O)NC2CC2)cc1. The van der Waals surface area contributed by atoms with Gasteiger partial charge < -0.3 is 9.88 Å². The van der Waals surface area contributed by atoms with Crippen molar-refractivity contribution in [1.29, 1.82) is 0 Å². The van der Waals surface area contributed by atoms with Crippen LogP contribution in [0.4, 0.5) is 0 Å². The zero-order chi connectivity index (χ0) is 20.3. The number of nitrogens with zero attached hydrogens (tertiary/aromatic N) is 2. The van der Waals surface area contributed by atoms with Gasteiger partial charge in [-0.2, -0.15) is 0 Å². The minimum absolute atomic E-state index is 0.0486. The number of aromatic nitrogens is 2. The van der Waals surface area contributed by atoms with Crippen LogP contribution in [0.15, 0.2) is 72.1 Å². The summed E-state index contributed by atoms with van der Waals surface area (Å²) in [6, 6.07) is 14.0. The third-order valence-electron chi connectivity index (χ3n) is 4.69. The lowest BCUT2D eigenvalue weighted by molar-refractivity contribution is 0.0951. The Kier molecular flexibility index (Phi) is 5.46. The number of carbonyl (C=O) groups is 1. The van der Waals surface area contributed by atoms with Crippen LogP contribution >= 0.6 is 0 Å². The molecule has 2 aromatic carbocycles. The van der Waals surface area contributed by atoms with Crippen molar-refractivity contribution in [3.63, 3.8) is 0 Å². The van der Waals surface area contributed by atoms with E-state index in [0.717, 1.165) is 24.0 Å². The molecule has 8 heteroatoms. The second kappa shape index (κ2) is 8.18. The van der Waals surface area contributed by atoms with E-state index in [4.69, 9.17) is 0 Å². The van der Waals surface area contributed by atoms with E-state index in [1.807, 2.05) is 35.0 Å². The van der Waals surface area contributed by atoms with Crippen molar-refractivity contribution >= 4 is 15.9 Å². The number of benzene rings is 2. The number of amides is 1. The Morgan fingerprint density at radius 1 is 1.10 bits per heavy atom. The van der Waals surface area contributed by atoms with Crippen molar-refractivity contribution in [3.8, 4) is 0 Å². The molecule has 1 amide bonds. The molecule has 1 aromatic heterocycles. The standard InChI is InChI=1S/C21H22N4O3S/c26-21(18-4-8-20(9-5-18)29(27,28)24-19-6-7-19)23-13-16-2-1-3-17(12-16)14-25-11-10-22-15-25/h1-5,8-12,15,19,24H,6-7,13-14H2,(H,23,26). The number of rotatable bonds is 8. The maximum absolute atomic E-state index is 12.4. The number of hydrogen-bond acceptors (Lipinski definition) is 4. The van der Waals surface area contributed by atoms with Crippen molar-refractivity contribution in [3.05, 3.63) is 83.9 Å². The fraction of sp³-hybridized carbons (Fsp3) is 0.238. The van der Waals surface area contributed by atoms with Crippen LogP contribution in [0.2, 0.25) is 0 Å². The first-order valence-corrected chi connectivity index (χ1v) is 10.9. The number of nitrogens with one attached hydrogen (secondary N) is 2. The molecule has 0 bridgehead atoms. The van der Waals surface area contributed by atoms with Crippen LogP contribution in [-0.4, -0.2) is 29.9 Å². The zero-order valence-electron chi connectivity index (χ0n) is 15.8. The molecule has 4 rings (SSSR count). The molecule has 1 aliphatic rings. The first-order chi connectivity index (χ1) is 14.0. The number of carbonyl (C=O) groups excluding carboxylic acids is 1. The van der Waals surface area contributed by atoms with E-state index < -0.39 is 10.0 Å². The van der Waals surface area contributed by atoms with Crippen molar-refractivity contribution in [2.75, 3.05) is 0 Å². The summed E-state index contributed by atoms with van der Waals surface area (Å²) in [6.07, 6.45) is 7.16. The highest BCUT2D eigenvalue weighted by molar-refractivity contribution is 7.89. The fourth-order valence-corrected chi connectivity index (χ4v) is 4.29. The number of hydrogen-bond donors (Lipinski definition) is 2. The third-order valence-corrected chi connectivity index (χ3v) is 6.23. The van der Waals surface area contributed by atoms with Crippen LogP contribution in [0, 0.1) is 0 Å². The van der Waals surface area contributed by atoms with Crippen LogP contribution in [0.1, 0.15) is 34.3 Å². The molecule has 1 fully saturated rings. The van der Waals surface area contributed by atoms with Gasteiger partial charge in [-0.15, -0.1) is 0 Å². The minimum Gasteiger partial charge on any atom is -0.348 e. The van der Waals surface area contributed by atoms with Gasteiger partial charge in [-0.05, 0) is 48.2 Å². The van der Waals surface area contributed by atoms with Gasteiger partial charge in [0.25, 0.3) is 5.91 Å². The summed E-state index contributed by atoms with van der Waals surface area (Å²) in [5, 5.41) is 2.88. The predicted molar refractivity (Wildman–Crippen MR) is 109 cm³/mol. The number of sulfonamides is 1. The molecule has 0 aliphatic heterocycles. The van der Waals surface area contributed by atoms with Gasteiger partial charge >= 0.3 is 0 Å². The van der Waals surface area contributed by atoms with Crippen LogP contribution in [0.3, 0.4) is 0 Å². The fourth-order valence-electron chi connectivity index (χ4n) is 2.99. The molecule has 1 aliphatic carbocycles. The smallest absolute Gasteiger partial charge is 0.251 e. The van der Waals surface area contributed by atoms with Crippen LogP contribution in [0.5, 0.6) is 0 Å². The largest absolute Gasteiger partial charge is 0.348 e. The molecular formula is C21H22N4O3S. The lowest BCUT2D eigenvalue weighted by Crippen LogP contribution is -2.26. The maximum Gasteiger partial charge on any atom is 0.251 e. The van der Waals surface area contributed by atoms with Gasteiger partial charge in [-0.1, -0.05) is 24.3 Å². The van der Waals surface area contributed by atoms with Gasteiger partial charge in [0.1, 0.15) is 0 Å². The molecule has 0 saturated heterocycles. The highest BCUT2D eigenvalue weighted by Gasteiger charge is 2.27. The van der Waals surface area contributed by atoms with Crippen molar-refractivity contribution < 1.29 is 13.2 Å². The van der Waals surface area contributed by atoms with E-state index in [1.165, 1.54) is 24.3 Å². The van der Waals surface area contributed by atoms with Gasteiger partial charge in [0.2, 0.25) is 10.0 Å². The first kappa shape index (κ1) is 19.4. The molecule has 0 unspecified atom stereocenters. The summed E-state index contributed by atoms with van der Waals surface area (Å²) >= 11 is 0. The Labute approximate surface area is 169 Å². The topological polar surface area (TPSA) is 93.1 Å². The van der Waals surface area contributed by atoms with Gasteiger partial charge in [0.15, 0.2) is 0 Å². The minimum atomic E-state index is -3.51. The van der Waals surface area contributed by atoms with E-state index in [2.05, 4.69) is 15.0 Å². The Balaban J connectivity index is 1.36. The zero-order valence-corrected chi connectivity index (χ0v) is 16.6. The van der Waals surface area contributed by atoms with Gasteiger partial charge in [-0.3, -0.25) is 4.79 Å². The molecule has 150 valence electrons. The monoisotopic (exact) mass is 410 g/mol. The second-order valence-electron chi connectivity index (χ2n) is 7.16. The van der Waals surface area contributed by atoms with E-state index in [0.29, 0.717) is 18.7 Å². The Hall–Kier alpha value is -2.97. The average Bonchev–Trinajstić information content (AvgIpc) is 3.37. The molecule has 1 heterocycles. The van der Waals surface area contributed by atoms with Gasteiger partial charge in [0, 0.05) is 37.1 Å². The molecule has 0 radical (unpaired) electrons. The summed E-state index contributed by atoms with van der Waals surface area (Å²) in [6.45, 7) is 1.10. The van der Waals surface area contributed by atoms with Crippen LogP contribution < -0.4 is 10.0 Å². The summed E-state index contributed by atoms with van der Waals surface area (Å²) in [7, 11) is -3.51. The molecule has 2 N–H and O–H groups in total. The van der Waals surface area contributed by atoms with Crippen molar-refractivity contribution in [1.82, 2.24) is 19.6 Å². The Bertz CT molecular complexity index is 1090. The molecular weight excluding hydrogens is 388 g/mol. The van der Waals surface area contributed by atoms with Crippen molar-refractivity contribution in [2.45, 2.75) is 36.9 Å². The Morgan fingerprint density at radius 2 is 1.86 bits per heavy atom. The van der Waals surface area contributed by atoms with Gasteiger partial charge in [0.05, 0.1) is 11.2 Å². The first-order valence-electron chi connectivity index (χ1n) is 9.44. The molecule has 0 atom stereocenters. The highest BCUT2D eigenvalue weighted by Crippen LogP contribution is 2.22. The molecule has 7 nitrogen and oxygen atoms in total. The van der Waals surface area contributed by atoms with E-state index in [-0.39, 0.29) is 16.8 Å². The number of imidazole rings is 1. The maximum atomic E-state index is 12.4. The predicted octanol–water partition coefficient (Wildman–Crippen LogP) is 2.30. The van der Waals surface area contributed by atoms with Crippen molar-refractivity contribution in [2.24, 2.45) is 0 Å². The molecule has 3 aromatic rings. The van der Waals surface area contributed by atoms with E-state index in [9.17, 15) is 13.2 Å². The lowest BCUT2D eigenvalue weighted by Gasteiger charge is -2.09. The Morgan fingerprint density at radius 3 is 2.55 bits per heavy atom. The second-order valence-corrected chi connectivity index (χ2v) is 8.87. The molecule has 29 heavy (non-hydrogen) atoms. The quantitative estimate of drug-likeness (QED) is 0.596. The summed E-state index contributed by atoms with van der Waals surface area (Å²) in [5.41, 5.74) is 2.53. The van der Waals surface area contributed by atoms with E-state index >= 15 is 0 Å². The van der Waals surface area contributed by atoms with E-state index in [1.54, 1.807) is 12.5 Å². The van der Waals surface area contributed by atoms with Gasteiger partial charge in [-0.25, -0.2) is 18.1 Å². The normalized spacial score (nSPS) is 13.9.